The highest BCUT2D eigenvalue weighted by Gasteiger charge is 2.02. The van der Waals surface area contributed by atoms with Crippen molar-refractivity contribution in [3.05, 3.63) is 0 Å². The Labute approximate surface area is 91.1 Å². The number of hydrogen-bond acceptors (Lipinski definition) is 3. The third-order valence-electron chi connectivity index (χ3n) is 1.77. The van der Waals surface area contributed by atoms with E-state index in [0.717, 1.165) is 25.1 Å². The van der Waals surface area contributed by atoms with E-state index in [2.05, 4.69) is 35.8 Å². The van der Waals surface area contributed by atoms with Crippen LogP contribution < -0.4 is 16.6 Å². The molecule has 0 spiro atoms. The van der Waals surface area contributed by atoms with Crippen molar-refractivity contribution in [2.24, 2.45) is 10.8 Å². The summed E-state index contributed by atoms with van der Waals surface area (Å²) in [6.45, 7) is 5.03. The van der Waals surface area contributed by atoms with Crippen LogP contribution in [0.15, 0.2) is 4.99 Å². The summed E-state index contributed by atoms with van der Waals surface area (Å²) in [5.74, 6) is 7.19. The Balaban J connectivity index is 3.79. The third-order valence-corrected chi connectivity index (χ3v) is 2.41. The minimum atomic E-state index is 0.411. The molecule has 14 heavy (non-hydrogen) atoms. The van der Waals surface area contributed by atoms with Crippen LogP contribution in [0.25, 0.3) is 0 Å². The smallest absolute Gasteiger partial charge is 0.205 e. The summed E-state index contributed by atoms with van der Waals surface area (Å²) in [6.07, 6.45) is 4.26. The maximum atomic E-state index is 5.34. The largest absolute Gasteiger partial charge is 0.353 e. The molecule has 0 aliphatic heterocycles. The van der Waals surface area contributed by atoms with E-state index in [1.807, 2.05) is 11.8 Å². The second kappa shape index (κ2) is 9.15. The summed E-state index contributed by atoms with van der Waals surface area (Å²) in [7, 11) is 0. The van der Waals surface area contributed by atoms with Gasteiger partial charge in [-0.15, -0.1) is 0 Å². The Morgan fingerprint density at radius 2 is 2.29 bits per heavy atom. The first kappa shape index (κ1) is 13.6. The minimum Gasteiger partial charge on any atom is -0.353 e. The maximum Gasteiger partial charge on any atom is 0.205 e. The molecule has 0 fully saturated rings. The molecule has 0 amide bonds. The minimum absolute atomic E-state index is 0.411. The molecule has 0 aromatic carbocycles. The fraction of sp³-hybridized carbons (Fsp3) is 0.889. The second-order valence-corrected chi connectivity index (χ2v) is 4.19. The molecule has 4 nitrogen and oxygen atoms in total. The van der Waals surface area contributed by atoms with Gasteiger partial charge in [0.25, 0.3) is 0 Å². The fourth-order valence-electron chi connectivity index (χ4n) is 0.957. The van der Waals surface area contributed by atoms with Gasteiger partial charge >= 0.3 is 0 Å². The van der Waals surface area contributed by atoms with Crippen LogP contribution in [0.5, 0.6) is 0 Å². The number of hydrazine groups is 1. The number of nitrogens with zero attached hydrogens (tertiary/aromatic N) is 1. The molecule has 1 atom stereocenters. The van der Waals surface area contributed by atoms with Crippen LogP contribution in [0.3, 0.4) is 0 Å². The van der Waals surface area contributed by atoms with Crippen LogP contribution in [-0.4, -0.2) is 30.6 Å². The van der Waals surface area contributed by atoms with Gasteiger partial charge in [0, 0.05) is 12.6 Å². The predicted molar refractivity (Wildman–Crippen MR) is 65.5 cm³/mol. The van der Waals surface area contributed by atoms with Crippen LogP contribution in [0.2, 0.25) is 0 Å². The van der Waals surface area contributed by atoms with Gasteiger partial charge < -0.3 is 5.32 Å². The van der Waals surface area contributed by atoms with Crippen molar-refractivity contribution in [2.45, 2.75) is 32.7 Å². The van der Waals surface area contributed by atoms with Gasteiger partial charge in [-0.25, -0.2) is 5.84 Å². The molecule has 0 aliphatic carbocycles. The van der Waals surface area contributed by atoms with Crippen molar-refractivity contribution in [1.82, 2.24) is 10.7 Å². The average molecular weight is 218 g/mol. The predicted octanol–water partition coefficient (Wildman–Crippen LogP) is 0.947. The number of hydrogen-bond donors (Lipinski definition) is 3. The Hall–Kier alpha value is -0.420. The Morgan fingerprint density at radius 3 is 2.79 bits per heavy atom. The number of aliphatic imine (C=N–C) groups is 1. The summed E-state index contributed by atoms with van der Waals surface area (Å²) < 4.78 is 0. The van der Waals surface area contributed by atoms with Crippen LogP contribution in [0.4, 0.5) is 0 Å². The second-order valence-electron chi connectivity index (χ2n) is 3.20. The molecule has 5 heteroatoms. The molecule has 0 aromatic heterocycles. The van der Waals surface area contributed by atoms with Crippen LogP contribution in [-0.2, 0) is 0 Å². The van der Waals surface area contributed by atoms with Crippen LogP contribution >= 0.6 is 11.8 Å². The van der Waals surface area contributed by atoms with Gasteiger partial charge in [-0.1, -0.05) is 6.92 Å². The zero-order valence-electron chi connectivity index (χ0n) is 9.34. The molecular formula is C9H22N4S. The lowest BCUT2D eigenvalue weighted by atomic mass is 10.3. The van der Waals surface area contributed by atoms with Crippen molar-refractivity contribution in [2.75, 3.05) is 18.6 Å². The molecule has 0 aliphatic rings. The molecular weight excluding hydrogens is 196 g/mol. The van der Waals surface area contributed by atoms with Gasteiger partial charge in [-0.05, 0) is 31.8 Å². The SMILES string of the molecule is CCCN=C(NN)NC(C)CCSC. The van der Waals surface area contributed by atoms with Crippen molar-refractivity contribution in [1.29, 1.82) is 0 Å². The first-order valence-corrected chi connectivity index (χ1v) is 6.40. The lowest BCUT2D eigenvalue weighted by Gasteiger charge is -2.15. The molecule has 0 bridgehead atoms. The highest BCUT2D eigenvalue weighted by Crippen LogP contribution is 1.99. The maximum absolute atomic E-state index is 5.34. The molecule has 0 saturated heterocycles. The fourth-order valence-corrected chi connectivity index (χ4v) is 1.55. The van der Waals surface area contributed by atoms with Crippen LogP contribution in [0.1, 0.15) is 26.7 Å². The zero-order valence-corrected chi connectivity index (χ0v) is 10.2. The molecule has 4 N–H and O–H groups in total. The standard InChI is InChI=1S/C9H22N4S/c1-4-6-11-9(13-10)12-8(2)5-7-14-3/h8H,4-7,10H2,1-3H3,(H2,11,12,13). The molecule has 0 heterocycles. The normalized spacial score (nSPS) is 13.9. The van der Waals surface area contributed by atoms with Gasteiger partial charge in [-0.2, -0.15) is 11.8 Å². The quantitative estimate of drug-likeness (QED) is 0.269. The summed E-state index contributed by atoms with van der Waals surface area (Å²) in [5, 5.41) is 3.24. The van der Waals surface area contributed by atoms with E-state index < -0.39 is 0 Å². The number of guanidine groups is 1. The van der Waals surface area contributed by atoms with E-state index in [1.165, 1.54) is 0 Å². The van der Waals surface area contributed by atoms with E-state index >= 15 is 0 Å². The molecule has 0 aromatic rings. The average Bonchev–Trinajstić information content (AvgIpc) is 2.21. The molecule has 1 unspecified atom stereocenters. The first-order valence-electron chi connectivity index (χ1n) is 5.01. The molecule has 0 saturated carbocycles. The van der Waals surface area contributed by atoms with E-state index in [-0.39, 0.29) is 0 Å². The highest BCUT2D eigenvalue weighted by atomic mass is 32.2. The summed E-state index contributed by atoms with van der Waals surface area (Å²) >= 11 is 1.85. The van der Waals surface area contributed by atoms with Gasteiger partial charge in [0.15, 0.2) is 0 Å². The molecule has 84 valence electrons. The summed E-state index contributed by atoms with van der Waals surface area (Å²) in [6, 6.07) is 0.411. The van der Waals surface area contributed by atoms with Gasteiger partial charge in [0.05, 0.1) is 0 Å². The van der Waals surface area contributed by atoms with Crippen molar-refractivity contribution in [3.8, 4) is 0 Å². The zero-order chi connectivity index (χ0) is 10.8. The van der Waals surface area contributed by atoms with Crippen molar-refractivity contribution in [3.63, 3.8) is 0 Å². The van der Waals surface area contributed by atoms with E-state index in [0.29, 0.717) is 12.0 Å². The summed E-state index contributed by atoms with van der Waals surface area (Å²) in [5.41, 5.74) is 2.58. The summed E-state index contributed by atoms with van der Waals surface area (Å²) in [4.78, 5) is 4.27. The third kappa shape index (κ3) is 7.03. The number of thioether (sulfide) groups is 1. The van der Waals surface area contributed by atoms with E-state index in [4.69, 9.17) is 5.84 Å². The Bertz CT molecular complexity index is 161. The van der Waals surface area contributed by atoms with Crippen molar-refractivity contribution < 1.29 is 0 Å². The van der Waals surface area contributed by atoms with Gasteiger partial charge in [0.2, 0.25) is 5.96 Å². The van der Waals surface area contributed by atoms with Crippen molar-refractivity contribution >= 4 is 17.7 Å². The van der Waals surface area contributed by atoms with Crippen LogP contribution in [0, 0.1) is 0 Å². The Kier molecular flexibility index (Phi) is 8.87. The lowest BCUT2D eigenvalue weighted by molar-refractivity contribution is 0.629. The molecule has 0 rings (SSSR count). The topological polar surface area (TPSA) is 62.4 Å². The highest BCUT2D eigenvalue weighted by molar-refractivity contribution is 7.98. The monoisotopic (exact) mass is 218 g/mol. The first-order chi connectivity index (χ1) is 6.74. The van der Waals surface area contributed by atoms with Gasteiger partial charge in [-0.3, -0.25) is 10.4 Å². The number of nitrogens with one attached hydrogen (secondary N) is 2. The number of nitrogens with two attached hydrogens (primary N) is 1. The Morgan fingerprint density at radius 1 is 1.57 bits per heavy atom. The van der Waals surface area contributed by atoms with E-state index in [9.17, 15) is 0 Å². The van der Waals surface area contributed by atoms with E-state index in [1.54, 1.807) is 0 Å². The van der Waals surface area contributed by atoms with Gasteiger partial charge in [0.1, 0.15) is 0 Å². The number of rotatable bonds is 6. The molecule has 0 radical (unpaired) electrons. The lowest BCUT2D eigenvalue weighted by Crippen LogP contribution is -2.45.